The lowest BCUT2D eigenvalue weighted by atomic mass is 9.91. The molecule has 1 aromatic carbocycles. The first-order valence-electron chi connectivity index (χ1n) is 7.88. The van der Waals surface area contributed by atoms with Gasteiger partial charge in [-0.1, -0.05) is 6.07 Å². The molecule has 1 atom stereocenters. The number of carbonyl (C=O) groups excluding carboxylic acids is 1. The molecule has 1 unspecified atom stereocenters. The summed E-state index contributed by atoms with van der Waals surface area (Å²) in [6.45, 7) is 0. The highest BCUT2D eigenvalue weighted by Crippen LogP contribution is 2.37. The van der Waals surface area contributed by atoms with Crippen molar-refractivity contribution in [3.8, 4) is 5.69 Å². The van der Waals surface area contributed by atoms with E-state index in [2.05, 4.69) is 15.3 Å². The molecule has 8 heteroatoms. The average molecular weight is 358 g/mol. The zero-order valence-corrected chi connectivity index (χ0v) is 13.4. The van der Waals surface area contributed by atoms with Crippen LogP contribution in [-0.4, -0.2) is 20.4 Å². The lowest BCUT2D eigenvalue weighted by Crippen LogP contribution is -2.25. The molecule has 0 radical (unpaired) electrons. The molecule has 0 saturated carbocycles. The van der Waals surface area contributed by atoms with E-state index in [4.69, 9.17) is 0 Å². The number of fused-ring (bicyclic) bond motifs is 1. The molecule has 4 rings (SSSR count). The van der Waals surface area contributed by atoms with Gasteiger partial charge in [0.1, 0.15) is 12.1 Å². The Hall–Kier alpha value is -3.16. The molecule has 3 heterocycles. The van der Waals surface area contributed by atoms with Crippen LogP contribution < -0.4 is 5.32 Å². The van der Waals surface area contributed by atoms with Crippen LogP contribution in [0, 0.1) is 0 Å². The smallest absolute Gasteiger partial charge is 0.310 e. The lowest BCUT2D eigenvalue weighted by molar-refractivity contribution is -0.137. The summed E-state index contributed by atoms with van der Waals surface area (Å²) in [6, 6.07) is 8.37. The Kier molecular flexibility index (Phi) is 3.75. The van der Waals surface area contributed by atoms with Gasteiger partial charge in [0, 0.05) is 30.4 Å². The monoisotopic (exact) mass is 358 g/mol. The van der Waals surface area contributed by atoms with Gasteiger partial charge >= 0.3 is 6.18 Å². The number of aromatic nitrogens is 3. The minimum atomic E-state index is -4.40. The fourth-order valence-corrected chi connectivity index (χ4v) is 3.07. The zero-order chi connectivity index (χ0) is 18.3. The van der Waals surface area contributed by atoms with Gasteiger partial charge in [-0.25, -0.2) is 4.98 Å². The van der Waals surface area contributed by atoms with Crippen molar-refractivity contribution in [2.24, 2.45) is 0 Å². The number of amides is 1. The van der Waals surface area contributed by atoms with Crippen molar-refractivity contribution in [2.45, 2.75) is 18.5 Å². The highest BCUT2D eigenvalue weighted by atomic mass is 19.4. The molecule has 132 valence electrons. The van der Waals surface area contributed by atoms with Crippen molar-refractivity contribution < 1.29 is 18.0 Å². The van der Waals surface area contributed by atoms with Crippen LogP contribution in [-0.2, 0) is 11.0 Å². The Morgan fingerprint density at radius 2 is 1.92 bits per heavy atom. The number of anilines is 1. The number of nitrogens with one attached hydrogen (secondary N) is 1. The van der Waals surface area contributed by atoms with Crippen LogP contribution >= 0.6 is 0 Å². The summed E-state index contributed by atoms with van der Waals surface area (Å²) in [5.74, 6) is 0.0398. The molecule has 1 aliphatic rings. The molecular formula is C18H13F3N4O. The summed E-state index contributed by atoms with van der Waals surface area (Å²) < 4.78 is 39.8. The number of hydrogen-bond acceptors (Lipinski definition) is 3. The van der Waals surface area contributed by atoms with Crippen LogP contribution in [0.4, 0.5) is 19.0 Å². The second kappa shape index (κ2) is 5.98. The van der Waals surface area contributed by atoms with E-state index < -0.39 is 11.7 Å². The van der Waals surface area contributed by atoms with Crippen molar-refractivity contribution in [3.63, 3.8) is 0 Å². The average Bonchev–Trinajstić information content (AvgIpc) is 3.05. The maximum Gasteiger partial charge on any atom is 0.416 e. The predicted octanol–water partition coefficient (Wildman–Crippen LogP) is 3.76. The number of benzene rings is 1. The van der Waals surface area contributed by atoms with Gasteiger partial charge in [0.25, 0.3) is 0 Å². The molecule has 0 spiro atoms. The maximum absolute atomic E-state index is 12.7. The Balaban J connectivity index is 1.75. The molecule has 2 aromatic heterocycles. The van der Waals surface area contributed by atoms with Crippen LogP contribution in [0.25, 0.3) is 5.69 Å². The number of hydrogen-bond donors (Lipinski definition) is 1. The summed E-state index contributed by atoms with van der Waals surface area (Å²) in [5, 5.41) is 2.77. The van der Waals surface area contributed by atoms with Crippen LogP contribution in [0.3, 0.4) is 0 Å². The summed E-state index contributed by atoms with van der Waals surface area (Å²) in [6.07, 6.45) is 0.676. The normalized spacial score (nSPS) is 16.9. The van der Waals surface area contributed by atoms with Gasteiger partial charge in [0.2, 0.25) is 5.91 Å². The standard InChI is InChI=1S/C18H13F3N4O/c19-18(20,21)12-3-5-13(6-4-12)25-10-23-16-14(8-15(26)24-17(16)25)11-2-1-7-22-9-11/h1-7,9-10,14H,8H2,(H,24,26). The van der Waals surface area contributed by atoms with E-state index in [0.29, 0.717) is 17.2 Å². The van der Waals surface area contributed by atoms with Crippen LogP contribution in [0.15, 0.2) is 55.1 Å². The number of nitrogens with zero attached hydrogens (tertiary/aromatic N) is 3. The van der Waals surface area contributed by atoms with Gasteiger partial charge in [0.05, 0.1) is 11.3 Å². The molecule has 26 heavy (non-hydrogen) atoms. The quantitative estimate of drug-likeness (QED) is 0.759. The highest BCUT2D eigenvalue weighted by molar-refractivity contribution is 5.94. The molecule has 0 bridgehead atoms. The van der Waals surface area contributed by atoms with E-state index in [1.165, 1.54) is 18.5 Å². The first kappa shape index (κ1) is 16.3. The van der Waals surface area contributed by atoms with E-state index >= 15 is 0 Å². The van der Waals surface area contributed by atoms with E-state index in [9.17, 15) is 18.0 Å². The Morgan fingerprint density at radius 1 is 1.15 bits per heavy atom. The van der Waals surface area contributed by atoms with E-state index in [0.717, 1.165) is 17.7 Å². The van der Waals surface area contributed by atoms with Crippen molar-refractivity contribution in [1.82, 2.24) is 14.5 Å². The minimum Gasteiger partial charge on any atom is -0.310 e. The second-order valence-electron chi connectivity index (χ2n) is 5.98. The van der Waals surface area contributed by atoms with Gasteiger partial charge < -0.3 is 5.32 Å². The SMILES string of the molecule is O=C1CC(c2cccnc2)c2ncn(-c3ccc(C(F)(F)F)cc3)c2N1. The lowest BCUT2D eigenvalue weighted by Gasteiger charge is -2.23. The molecule has 1 amide bonds. The van der Waals surface area contributed by atoms with E-state index in [1.807, 2.05) is 6.07 Å². The number of imidazole rings is 1. The van der Waals surface area contributed by atoms with Crippen molar-refractivity contribution in [1.29, 1.82) is 0 Å². The fraction of sp³-hybridized carbons (Fsp3) is 0.167. The van der Waals surface area contributed by atoms with Gasteiger partial charge in [-0.2, -0.15) is 13.2 Å². The third-order valence-corrected chi connectivity index (χ3v) is 4.33. The van der Waals surface area contributed by atoms with Crippen LogP contribution in [0.5, 0.6) is 0 Å². The molecule has 0 saturated heterocycles. The summed E-state index contributed by atoms with van der Waals surface area (Å²) >= 11 is 0. The molecule has 1 N–H and O–H groups in total. The predicted molar refractivity (Wildman–Crippen MR) is 87.9 cm³/mol. The molecule has 5 nitrogen and oxygen atoms in total. The number of alkyl halides is 3. The summed E-state index contributed by atoms with van der Waals surface area (Å²) in [7, 11) is 0. The van der Waals surface area contributed by atoms with Crippen LogP contribution in [0.2, 0.25) is 0 Å². The fourth-order valence-electron chi connectivity index (χ4n) is 3.07. The molecule has 0 aliphatic carbocycles. The number of halogens is 3. The number of rotatable bonds is 2. The van der Waals surface area contributed by atoms with Crippen molar-refractivity contribution in [2.75, 3.05) is 5.32 Å². The Labute approximate surface area is 146 Å². The molecule has 3 aromatic rings. The van der Waals surface area contributed by atoms with E-state index in [1.54, 1.807) is 23.0 Å². The van der Waals surface area contributed by atoms with E-state index in [-0.39, 0.29) is 18.2 Å². The molecule has 0 fully saturated rings. The van der Waals surface area contributed by atoms with Crippen LogP contribution in [0.1, 0.15) is 29.2 Å². The minimum absolute atomic E-state index is 0.181. The van der Waals surface area contributed by atoms with Gasteiger partial charge in [0.15, 0.2) is 0 Å². The third-order valence-electron chi connectivity index (χ3n) is 4.33. The molecular weight excluding hydrogens is 345 g/mol. The maximum atomic E-state index is 12.7. The first-order chi connectivity index (χ1) is 12.4. The third kappa shape index (κ3) is 2.83. The van der Waals surface area contributed by atoms with Crippen molar-refractivity contribution in [3.05, 3.63) is 71.9 Å². The van der Waals surface area contributed by atoms with Crippen molar-refractivity contribution >= 4 is 11.7 Å². The van der Waals surface area contributed by atoms with Gasteiger partial charge in [-0.05, 0) is 35.9 Å². The second-order valence-corrected chi connectivity index (χ2v) is 5.98. The molecule has 1 aliphatic heterocycles. The number of pyridine rings is 1. The highest BCUT2D eigenvalue weighted by Gasteiger charge is 2.32. The summed E-state index contributed by atoms with van der Waals surface area (Å²) in [5.41, 5.74) is 1.28. The Morgan fingerprint density at radius 3 is 2.58 bits per heavy atom. The largest absolute Gasteiger partial charge is 0.416 e. The number of carbonyl (C=O) groups is 1. The van der Waals surface area contributed by atoms with Gasteiger partial charge in [-0.15, -0.1) is 0 Å². The summed E-state index contributed by atoms with van der Waals surface area (Å²) in [4.78, 5) is 20.6. The Bertz CT molecular complexity index is 949. The zero-order valence-electron chi connectivity index (χ0n) is 13.4. The van der Waals surface area contributed by atoms with Gasteiger partial charge in [-0.3, -0.25) is 14.3 Å². The first-order valence-corrected chi connectivity index (χ1v) is 7.88. The topological polar surface area (TPSA) is 59.8 Å².